The molecule has 2 aromatic rings. The lowest BCUT2D eigenvalue weighted by atomic mass is 10.1. The molecule has 0 aliphatic heterocycles. The van der Waals surface area contributed by atoms with Gasteiger partial charge in [-0.3, -0.25) is 0 Å². The molecule has 1 aromatic heterocycles. The Kier molecular flexibility index (Phi) is 3.81. The number of rotatable bonds is 4. The van der Waals surface area contributed by atoms with E-state index in [1.807, 2.05) is 18.2 Å². The van der Waals surface area contributed by atoms with Crippen LogP contribution >= 0.6 is 11.6 Å². The van der Waals surface area contributed by atoms with Gasteiger partial charge in [0.15, 0.2) is 5.76 Å². The first-order chi connectivity index (χ1) is 8.31. The summed E-state index contributed by atoms with van der Waals surface area (Å²) in [6.45, 7) is 0.559. The van der Waals surface area contributed by atoms with Crippen LogP contribution in [-0.4, -0.2) is 11.8 Å². The van der Waals surface area contributed by atoms with Crippen LogP contribution < -0.4 is 0 Å². The van der Waals surface area contributed by atoms with Crippen LogP contribution in [0.3, 0.4) is 0 Å². The van der Waals surface area contributed by atoms with Gasteiger partial charge >= 0.3 is 0 Å². The molecule has 4 heteroatoms. The Bertz CT molecular complexity index is 542. The largest absolute Gasteiger partial charge is 0.361 e. The third kappa shape index (κ3) is 2.88. The average Bonchev–Trinajstić information content (AvgIpc) is 2.79. The predicted octanol–water partition coefficient (Wildman–Crippen LogP) is 3.14. The maximum Gasteiger partial charge on any atom is 0.163 e. The molecule has 1 aromatic carbocycles. The predicted molar refractivity (Wildman–Crippen MR) is 65.4 cm³/mol. The van der Waals surface area contributed by atoms with E-state index in [1.165, 1.54) is 0 Å². The molecule has 1 heterocycles. The zero-order valence-electron chi connectivity index (χ0n) is 9.02. The van der Waals surface area contributed by atoms with E-state index < -0.39 is 0 Å². The van der Waals surface area contributed by atoms with Gasteiger partial charge < -0.3 is 9.26 Å². The summed E-state index contributed by atoms with van der Waals surface area (Å²) < 4.78 is 10.3. The molecule has 0 amide bonds. The molecule has 0 bridgehead atoms. The average molecular weight is 248 g/mol. The molecule has 0 fully saturated rings. The van der Waals surface area contributed by atoms with Crippen molar-refractivity contribution in [1.82, 2.24) is 5.16 Å². The van der Waals surface area contributed by atoms with E-state index in [0.717, 1.165) is 5.56 Å². The van der Waals surface area contributed by atoms with Gasteiger partial charge in [-0.05, 0) is 6.07 Å². The Morgan fingerprint density at radius 3 is 3.00 bits per heavy atom. The molecule has 0 aliphatic carbocycles. The van der Waals surface area contributed by atoms with Gasteiger partial charge in [-0.2, -0.15) is 0 Å². The van der Waals surface area contributed by atoms with Crippen molar-refractivity contribution in [2.24, 2.45) is 0 Å². The number of nitrogens with zero attached hydrogens (tertiary/aromatic N) is 1. The summed E-state index contributed by atoms with van der Waals surface area (Å²) in [6.07, 6.45) is 5.07. The van der Waals surface area contributed by atoms with Crippen molar-refractivity contribution in [2.75, 3.05) is 6.61 Å². The van der Waals surface area contributed by atoms with Crippen LogP contribution in [0.2, 0.25) is 5.02 Å². The Hall–Kier alpha value is -1.76. The first-order valence-electron chi connectivity index (χ1n) is 5.03. The zero-order valence-corrected chi connectivity index (χ0v) is 9.78. The van der Waals surface area contributed by atoms with E-state index in [-0.39, 0.29) is 6.61 Å². The first-order valence-corrected chi connectivity index (χ1v) is 5.41. The fourth-order valence-corrected chi connectivity index (χ4v) is 1.62. The minimum absolute atomic E-state index is 0.252. The lowest BCUT2D eigenvalue weighted by molar-refractivity contribution is 0.129. The number of benzene rings is 1. The van der Waals surface area contributed by atoms with E-state index in [1.54, 1.807) is 12.1 Å². The highest BCUT2D eigenvalue weighted by Crippen LogP contribution is 2.26. The molecule has 0 aliphatic rings. The standard InChI is InChI=1S/C13H10ClNO2/c1-2-7-16-9-10-8-13(15-17-10)11-5-3-4-6-12(11)14/h1,3-6,8H,7,9H2. The monoisotopic (exact) mass is 247 g/mol. The van der Waals surface area contributed by atoms with Gasteiger partial charge in [-0.25, -0.2) is 0 Å². The normalized spacial score (nSPS) is 10.1. The van der Waals surface area contributed by atoms with Crippen molar-refractivity contribution in [1.29, 1.82) is 0 Å². The molecule has 0 radical (unpaired) electrons. The van der Waals surface area contributed by atoms with Gasteiger partial charge in [0.1, 0.15) is 18.9 Å². The molecule has 86 valence electrons. The number of hydrogen-bond donors (Lipinski definition) is 0. The molecule has 0 unspecified atom stereocenters. The number of aromatic nitrogens is 1. The van der Waals surface area contributed by atoms with Gasteiger partial charge in [0.25, 0.3) is 0 Å². The second-order valence-electron chi connectivity index (χ2n) is 3.36. The molecule has 0 atom stereocenters. The van der Waals surface area contributed by atoms with E-state index in [2.05, 4.69) is 11.1 Å². The maximum absolute atomic E-state index is 6.06. The summed E-state index contributed by atoms with van der Waals surface area (Å²) in [5, 5.41) is 4.57. The quantitative estimate of drug-likeness (QED) is 0.615. The van der Waals surface area contributed by atoms with E-state index in [0.29, 0.717) is 23.1 Å². The smallest absolute Gasteiger partial charge is 0.163 e. The van der Waals surface area contributed by atoms with Crippen LogP contribution in [-0.2, 0) is 11.3 Å². The minimum atomic E-state index is 0.252. The van der Waals surface area contributed by atoms with Crippen LogP contribution in [0.15, 0.2) is 34.9 Å². The van der Waals surface area contributed by atoms with Crippen LogP contribution in [0.1, 0.15) is 5.76 Å². The van der Waals surface area contributed by atoms with Crippen molar-refractivity contribution in [2.45, 2.75) is 6.61 Å². The SMILES string of the molecule is C#CCOCc1cc(-c2ccccc2Cl)no1. The van der Waals surface area contributed by atoms with Gasteiger partial charge in [0.05, 0.1) is 5.02 Å². The highest BCUT2D eigenvalue weighted by atomic mass is 35.5. The first kappa shape index (κ1) is 11.7. The zero-order chi connectivity index (χ0) is 12.1. The summed E-state index contributed by atoms with van der Waals surface area (Å²) in [5.74, 6) is 3.00. The van der Waals surface area contributed by atoms with Crippen LogP contribution in [0, 0.1) is 12.3 Å². The number of halogens is 1. The lowest BCUT2D eigenvalue weighted by Gasteiger charge is -1.97. The number of hydrogen-bond acceptors (Lipinski definition) is 3. The number of ether oxygens (including phenoxy) is 1. The molecule has 0 saturated carbocycles. The van der Waals surface area contributed by atoms with Crippen LogP contribution in [0.25, 0.3) is 11.3 Å². The van der Waals surface area contributed by atoms with E-state index in [9.17, 15) is 0 Å². The van der Waals surface area contributed by atoms with Gasteiger partial charge in [-0.1, -0.05) is 40.9 Å². The topological polar surface area (TPSA) is 35.3 Å². The van der Waals surface area contributed by atoms with Crippen LogP contribution in [0.4, 0.5) is 0 Å². The van der Waals surface area contributed by atoms with Crippen molar-refractivity contribution in [3.05, 3.63) is 41.1 Å². The van der Waals surface area contributed by atoms with E-state index >= 15 is 0 Å². The highest BCUT2D eigenvalue weighted by Gasteiger charge is 2.09. The van der Waals surface area contributed by atoms with Crippen molar-refractivity contribution in [3.8, 4) is 23.6 Å². The highest BCUT2D eigenvalue weighted by molar-refractivity contribution is 6.33. The fourth-order valence-electron chi connectivity index (χ4n) is 1.39. The second kappa shape index (κ2) is 5.53. The molecule has 3 nitrogen and oxygen atoms in total. The Labute approximate surface area is 104 Å². The summed E-state index contributed by atoms with van der Waals surface area (Å²) in [7, 11) is 0. The molecular weight excluding hydrogens is 238 g/mol. The fraction of sp³-hybridized carbons (Fsp3) is 0.154. The van der Waals surface area contributed by atoms with Crippen molar-refractivity contribution >= 4 is 11.6 Å². The Balaban J connectivity index is 2.14. The Morgan fingerprint density at radius 2 is 2.24 bits per heavy atom. The van der Waals surface area contributed by atoms with Gasteiger partial charge in [-0.15, -0.1) is 6.42 Å². The van der Waals surface area contributed by atoms with Gasteiger partial charge in [0, 0.05) is 11.6 Å². The van der Waals surface area contributed by atoms with Crippen molar-refractivity contribution in [3.63, 3.8) is 0 Å². The molecule has 17 heavy (non-hydrogen) atoms. The minimum Gasteiger partial charge on any atom is -0.361 e. The molecule has 0 N–H and O–H groups in total. The summed E-state index contributed by atoms with van der Waals surface area (Å²) >= 11 is 6.06. The van der Waals surface area contributed by atoms with Crippen LogP contribution in [0.5, 0.6) is 0 Å². The van der Waals surface area contributed by atoms with E-state index in [4.69, 9.17) is 27.3 Å². The van der Waals surface area contributed by atoms with Crippen molar-refractivity contribution < 1.29 is 9.26 Å². The summed E-state index contributed by atoms with van der Waals surface area (Å²) in [6, 6.07) is 9.23. The molecule has 0 spiro atoms. The van der Waals surface area contributed by atoms with Gasteiger partial charge in [0.2, 0.25) is 0 Å². The Morgan fingerprint density at radius 1 is 1.41 bits per heavy atom. The molecular formula is C13H10ClNO2. The maximum atomic E-state index is 6.06. The summed E-state index contributed by atoms with van der Waals surface area (Å²) in [5.41, 5.74) is 1.52. The molecule has 2 rings (SSSR count). The number of terminal acetylenes is 1. The summed E-state index contributed by atoms with van der Waals surface area (Å²) in [4.78, 5) is 0. The lowest BCUT2D eigenvalue weighted by Crippen LogP contribution is -1.90. The third-order valence-corrected chi connectivity index (χ3v) is 2.47. The molecule has 0 saturated heterocycles. The third-order valence-electron chi connectivity index (χ3n) is 2.14. The second-order valence-corrected chi connectivity index (χ2v) is 3.76.